The van der Waals surface area contributed by atoms with Crippen LogP contribution in [0.4, 0.5) is 0 Å². The van der Waals surface area contributed by atoms with Gasteiger partial charge in [0.2, 0.25) is 10.0 Å². The summed E-state index contributed by atoms with van der Waals surface area (Å²) in [6.07, 6.45) is 1.79. The van der Waals surface area contributed by atoms with E-state index in [1.165, 1.54) is 6.26 Å². The normalized spacial score (nSPS) is 13.4. The van der Waals surface area contributed by atoms with Gasteiger partial charge < -0.3 is 4.42 Å². The molecule has 1 atom stereocenters. The zero-order chi connectivity index (χ0) is 12.3. The topological polar surface area (TPSA) is 76.4 Å². The first kappa shape index (κ1) is 12.8. The molecule has 0 saturated heterocycles. The van der Waals surface area contributed by atoms with Crippen molar-refractivity contribution in [3.8, 4) is 0 Å². The van der Waals surface area contributed by atoms with E-state index >= 15 is 0 Å². The first-order valence-electron chi connectivity index (χ1n) is 4.98. The van der Waals surface area contributed by atoms with E-state index in [1.54, 1.807) is 26.8 Å². The smallest absolute Gasteiger partial charge is 0.300 e. The molecule has 0 aromatic carbocycles. The van der Waals surface area contributed by atoms with Crippen molar-refractivity contribution in [1.82, 2.24) is 4.72 Å². The number of amides is 1. The summed E-state index contributed by atoms with van der Waals surface area (Å²) in [6, 6.07) is 1.60. The maximum atomic E-state index is 11.6. The fourth-order valence-corrected chi connectivity index (χ4v) is 2.09. The van der Waals surface area contributed by atoms with Crippen molar-refractivity contribution >= 4 is 15.9 Å². The molecule has 0 spiro atoms. The van der Waals surface area contributed by atoms with Gasteiger partial charge in [-0.2, -0.15) is 0 Å². The van der Waals surface area contributed by atoms with Crippen LogP contribution in [0.2, 0.25) is 0 Å². The zero-order valence-corrected chi connectivity index (χ0v) is 10.3. The van der Waals surface area contributed by atoms with Gasteiger partial charge in [0.1, 0.15) is 0 Å². The molecule has 16 heavy (non-hydrogen) atoms. The van der Waals surface area contributed by atoms with Crippen molar-refractivity contribution in [3.63, 3.8) is 0 Å². The minimum absolute atomic E-state index is 0.0341. The summed E-state index contributed by atoms with van der Waals surface area (Å²) in [7, 11) is -3.61. The molecule has 1 rings (SSSR count). The standard InChI is InChI=1S/C10H15NO4S/c1-4-8(3)16(13,14)11-10(12)9-7(2)5-6-15-9/h5-6,8H,4H2,1-3H3,(H,11,12)/t8-/m0/s1. The largest absolute Gasteiger partial charge is 0.459 e. The summed E-state index contributed by atoms with van der Waals surface area (Å²) in [5.74, 6) is -0.685. The summed E-state index contributed by atoms with van der Waals surface area (Å²) < 4.78 is 30.1. The van der Waals surface area contributed by atoms with Gasteiger partial charge in [-0.15, -0.1) is 0 Å². The van der Waals surface area contributed by atoms with Crippen LogP contribution >= 0.6 is 0 Å². The number of furan rings is 1. The monoisotopic (exact) mass is 245 g/mol. The van der Waals surface area contributed by atoms with Crippen LogP contribution in [0.5, 0.6) is 0 Å². The van der Waals surface area contributed by atoms with Crippen molar-refractivity contribution in [1.29, 1.82) is 0 Å². The molecule has 90 valence electrons. The highest BCUT2D eigenvalue weighted by atomic mass is 32.2. The van der Waals surface area contributed by atoms with Gasteiger partial charge >= 0.3 is 5.91 Å². The van der Waals surface area contributed by atoms with Crippen LogP contribution in [0.3, 0.4) is 0 Å². The molecular formula is C10H15NO4S. The lowest BCUT2D eigenvalue weighted by Gasteiger charge is -2.10. The maximum Gasteiger partial charge on any atom is 0.300 e. The van der Waals surface area contributed by atoms with E-state index in [1.807, 2.05) is 4.72 Å². The average Bonchev–Trinajstić information content (AvgIpc) is 2.62. The number of carbonyl (C=O) groups excluding carboxylic acids is 1. The summed E-state index contributed by atoms with van der Waals surface area (Å²) in [5.41, 5.74) is 0.608. The Labute approximate surface area is 94.9 Å². The Morgan fingerprint density at radius 1 is 1.56 bits per heavy atom. The lowest BCUT2D eigenvalue weighted by atomic mass is 10.3. The number of hydrogen-bond acceptors (Lipinski definition) is 4. The second-order valence-corrected chi connectivity index (χ2v) is 5.73. The van der Waals surface area contributed by atoms with Gasteiger partial charge in [0.15, 0.2) is 5.76 Å². The van der Waals surface area contributed by atoms with E-state index in [2.05, 4.69) is 0 Å². The Morgan fingerprint density at radius 2 is 2.19 bits per heavy atom. The summed E-state index contributed by atoms with van der Waals surface area (Å²) in [6.45, 7) is 4.96. The van der Waals surface area contributed by atoms with Crippen molar-refractivity contribution in [2.24, 2.45) is 0 Å². The molecule has 1 N–H and O–H groups in total. The van der Waals surface area contributed by atoms with Crippen molar-refractivity contribution in [2.75, 3.05) is 0 Å². The number of carbonyl (C=O) groups is 1. The van der Waals surface area contributed by atoms with Crippen molar-refractivity contribution in [3.05, 3.63) is 23.7 Å². The van der Waals surface area contributed by atoms with Crippen molar-refractivity contribution in [2.45, 2.75) is 32.4 Å². The van der Waals surface area contributed by atoms with Crippen LogP contribution in [-0.2, 0) is 10.0 Å². The van der Waals surface area contributed by atoms with Crippen LogP contribution in [0, 0.1) is 6.92 Å². The van der Waals surface area contributed by atoms with Crippen LogP contribution in [0.1, 0.15) is 36.4 Å². The molecule has 0 unspecified atom stereocenters. The van der Waals surface area contributed by atoms with Crippen LogP contribution in [0.25, 0.3) is 0 Å². The van der Waals surface area contributed by atoms with Crippen LogP contribution < -0.4 is 4.72 Å². The lowest BCUT2D eigenvalue weighted by molar-refractivity contribution is 0.0953. The molecule has 0 aliphatic carbocycles. The minimum atomic E-state index is -3.61. The minimum Gasteiger partial charge on any atom is -0.459 e. The molecule has 1 aromatic heterocycles. The van der Waals surface area contributed by atoms with Gasteiger partial charge in [-0.1, -0.05) is 6.92 Å². The third-order valence-electron chi connectivity index (χ3n) is 2.41. The quantitative estimate of drug-likeness (QED) is 0.871. The summed E-state index contributed by atoms with van der Waals surface area (Å²) in [5, 5.41) is -0.605. The predicted octanol–water partition coefficient (Wildman–Crippen LogP) is 1.45. The molecular weight excluding hydrogens is 230 g/mol. The highest BCUT2D eigenvalue weighted by Gasteiger charge is 2.24. The lowest BCUT2D eigenvalue weighted by Crippen LogP contribution is -2.36. The zero-order valence-electron chi connectivity index (χ0n) is 9.48. The molecule has 6 heteroatoms. The molecule has 0 aliphatic heterocycles. The molecule has 1 aromatic rings. The third kappa shape index (κ3) is 2.63. The number of hydrogen-bond donors (Lipinski definition) is 1. The van der Waals surface area contributed by atoms with Gasteiger partial charge in [0, 0.05) is 5.56 Å². The van der Waals surface area contributed by atoms with Gasteiger partial charge in [-0.3, -0.25) is 4.79 Å². The Bertz CT molecular complexity index is 475. The second-order valence-electron chi connectivity index (χ2n) is 3.63. The summed E-state index contributed by atoms with van der Waals surface area (Å²) in [4.78, 5) is 11.6. The molecule has 0 saturated carbocycles. The van der Waals surface area contributed by atoms with E-state index < -0.39 is 21.2 Å². The Hall–Kier alpha value is -1.30. The first-order valence-corrected chi connectivity index (χ1v) is 6.53. The Kier molecular flexibility index (Phi) is 3.74. The van der Waals surface area contributed by atoms with E-state index in [9.17, 15) is 13.2 Å². The van der Waals surface area contributed by atoms with Gasteiger partial charge in [0.05, 0.1) is 11.5 Å². The first-order chi connectivity index (χ1) is 7.38. The third-order valence-corrected chi connectivity index (χ3v) is 4.27. The molecule has 0 fully saturated rings. The highest BCUT2D eigenvalue weighted by molar-refractivity contribution is 7.90. The maximum absolute atomic E-state index is 11.6. The molecule has 0 radical (unpaired) electrons. The molecule has 0 aliphatic rings. The number of sulfonamides is 1. The van der Waals surface area contributed by atoms with Crippen LogP contribution in [-0.4, -0.2) is 19.6 Å². The number of nitrogens with one attached hydrogen (secondary N) is 1. The molecule has 5 nitrogen and oxygen atoms in total. The number of aryl methyl sites for hydroxylation is 1. The average molecular weight is 245 g/mol. The van der Waals surface area contributed by atoms with E-state index in [4.69, 9.17) is 4.42 Å². The summed E-state index contributed by atoms with van der Waals surface area (Å²) >= 11 is 0. The van der Waals surface area contributed by atoms with E-state index in [0.717, 1.165) is 0 Å². The second kappa shape index (κ2) is 4.69. The Balaban J connectivity index is 2.84. The van der Waals surface area contributed by atoms with Gasteiger partial charge in [0.25, 0.3) is 0 Å². The number of rotatable bonds is 4. The van der Waals surface area contributed by atoms with Gasteiger partial charge in [-0.05, 0) is 26.3 Å². The Morgan fingerprint density at radius 3 is 2.62 bits per heavy atom. The molecule has 0 bridgehead atoms. The SMILES string of the molecule is CC[C@H](C)S(=O)(=O)NC(=O)c1occc1C. The van der Waals surface area contributed by atoms with Crippen molar-refractivity contribution < 1.29 is 17.6 Å². The van der Waals surface area contributed by atoms with E-state index in [0.29, 0.717) is 12.0 Å². The fraction of sp³-hybridized carbons (Fsp3) is 0.500. The fourth-order valence-electron chi connectivity index (χ4n) is 1.10. The van der Waals surface area contributed by atoms with E-state index in [-0.39, 0.29) is 5.76 Å². The highest BCUT2D eigenvalue weighted by Crippen LogP contribution is 2.10. The molecule has 1 amide bonds. The van der Waals surface area contributed by atoms with Gasteiger partial charge in [-0.25, -0.2) is 13.1 Å². The molecule has 1 heterocycles. The van der Waals surface area contributed by atoms with Crippen LogP contribution in [0.15, 0.2) is 16.7 Å². The predicted molar refractivity (Wildman–Crippen MR) is 59.6 cm³/mol.